The Morgan fingerprint density at radius 2 is 1.93 bits per heavy atom. The zero-order valence-corrected chi connectivity index (χ0v) is 8.22. The van der Waals surface area contributed by atoms with Gasteiger partial charge in [-0.25, -0.2) is 0 Å². The van der Waals surface area contributed by atoms with E-state index in [0.717, 1.165) is 4.31 Å². The van der Waals surface area contributed by atoms with E-state index in [1.54, 1.807) is 30.3 Å². The van der Waals surface area contributed by atoms with Crippen molar-refractivity contribution in [2.45, 2.75) is 0 Å². The van der Waals surface area contributed by atoms with Crippen LogP contribution < -0.4 is 4.31 Å². The summed E-state index contributed by atoms with van der Waals surface area (Å²) in [5.41, 5.74) is 8.49. The quantitative estimate of drug-likeness (QED) is 0.433. The molecule has 1 rings (SSSR count). The van der Waals surface area contributed by atoms with Crippen molar-refractivity contribution >= 4 is 15.9 Å². The molecule has 0 unspecified atom stereocenters. The molecule has 0 saturated carbocycles. The Labute approximate surface area is 81.6 Å². The SMILES string of the molecule is CN(c1ccccc1)S(=O)(=O)N=[N+]=[N-]. The van der Waals surface area contributed by atoms with Gasteiger partial charge >= 0.3 is 10.2 Å². The highest BCUT2D eigenvalue weighted by Crippen LogP contribution is 2.15. The van der Waals surface area contributed by atoms with Gasteiger partial charge in [0.05, 0.1) is 10.2 Å². The van der Waals surface area contributed by atoms with Crippen LogP contribution in [0.4, 0.5) is 5.69 Å². The van der Waals surface area contributed by atoms with E-state index in [4.69, 9.17) is 5.53 Å². The molecule has 0 heterocycles. The predicted molar refractivity (Wildman–Crippen MR) is 52.9 cm³/mol. The Kier molecular flexibility index (Phi) is 2.95. The molecule has 0 amide bonds. The van der Waals surface area contributed by atoms with E-state index >= 15 is 0 Å². The molecule has 0 aliphatic rings. The maximum Gasteiger partial charge on any atom is 0.324 e. The first-order valence-electron chi connectivity index (χ1n) is 3.68. The molecule has 0 N–H and O–H groups in total. The lowest BCUT2D eigenvalue weighted by Crippen LogP contribution is -2.23. The van der Waals surface area contributed by atoms with E-state index in [1.165, 1.54) is 7.05 Å². The van der Waals surface area contributed by atoms with Crippen molar-refractivity contribution in [2.75, 3.05) is 11.4 Å². The molecule has 0 atom stereocenters. The van der Waals surface area contributed by atoms with E-state index < -0.39 is 10.2 Å². The highest BCUT2D eigenvalue weighted by Gasteiger charge is 2.15. The van der Waals surface area contributed by atoms with Gasteiger partial charge in [0.1, 0.15) is 0 Å². The molecule has 1 aromatic rings. The minimum Gasteiger partial charge on any atom is -0.267 e. The van der Waals surface area contributed by atoms with Crippen LogP contribution >= 0.6 is 0 Å². The number of anilines is 1. The average molecular weight is 212 g/mol. The molecule has 6 nitrogen and oxygen atoms in total. The largest absolute Gasteiger partial charge is 0.324 e. The van der Waals surface area contributed by atoms with Gasteiger partial charge in [-0.3, -0.25) is 4.31 Å². The Hall–Kier alpha value is -1.72. The average Bonchev–Trinajstić information content (AvgIpc) is 2.18. The second-order valence-electron chi connectivity index (χ2n) is 2.45. The lowest BCUT2D eigenvalue weighted by atomic mass is 10.3. The van der Waals surface area contributed by atoms with E-state index in [0.29, 0.717) is 5.69 Å². The van der Waals surface area contributed by atoms with Gasteiger partial charge in [0.25, 0.3) is 0 Å². The molecule has 0 aliphatic heterocycles. The molecular weight excluding hydrogens is 204 g/mol. The molecule has 0 saturated heterocycles. The summed E-state index contributed by atoms with van der Waals surface area (Å²) >= 11 is 0. The van der Waals surface area contributed by atoms with Gasteiger partial charge in [-0.2, -0.15) is 8.42 Å². The molecule has 0 aliphatic carbocycles. The molecule has 74 valence electrons. The summed E-state index contributed by atoms with van der Waals surface area (Å²) in [5.74, 6) is 0. The summed E-state index contributed by atoms with van der Waals surface area (Å²) in [6, 6.07) is 8.35. The molecule has 1 aromatic carbocycles. The van der Waals surface area contributed by atoms with Crippen LogP contribution in [0.1, 0.15) is 0 Å². The molecular formula is C7H8N4O2S. The summed E-state index contributed by atoms with van der Waals surface area (Å²) in [5, 5.41) is 0. The number of benzene rings is 1. The van der Waals surface area contributed by atoms with Crippen molar-refractivity contribution in [1.82, 2.24) is 0 Å². The van der Waals surface area contributed by atoms with Gasteiger partial charge in [0, 0.05) is 12.0 Å². The number of hydrogen-bond donors (Lipinski definition) is 0. The van der Waals surface area contributed by atoms with Gasteiger partial charge < -0.3 is 0 Å². The highest BCUT2D eigenvalue weighted by molar-refractivity contribution is 7.91. The first kappa shape index (κ1) is 10.4. The molecule has 0 bridgehead atoms. The summed E-state index contributed by atoms with van der Waals surface area (Å²) in [6.45, 7) is 0. The molecule has 0 spiro atoms. The summed E-state index contributed by atoms with van der Waals surface area (Å²) in [7, 11) is -2.60. The summed E-state index contributed by atoms with van der Waals surface area (Å²) in [4.78, 5) is 2.25. The Morgan fingerprint density at radius 1 is 1.36 bits per heavy atom. The van der Waals surface area contributed by atoms with Crippen LogP contribution in [-0.2, 0) is 10.2 Å². The van der Waals surface area contributed by atoms with E-state index in [1.807, 2.05) is 0 Å². The van der Waals surface area contributed by atoms with Crippen LogP contribution in [0.25, 0.3) is 10.4 Å². The molecule has 7 heteroatoms. The van der Waals surface area contributed by atoms with Gasteiger partial charge in [-0.1, -0.05) is 18.2 Å². The fraction of sp³-hybridized carbons (Fsp3) is 0.143. The Morgan fingerprint density at radius 3 is 2.43 bits per heavy atom. The lowest BCUT2D eigenvalue weighted by molar-refractivity contribution is 0.596. The van der Waals surface area contributed by atoms with Crippen LogP contribution in [0.15, 0.2) is 34.9 Å². The minimum atomic E-state index is -3.92. The molecule has 14 heavy (non-hydrogen) atoms. The second-order valence-corrected chi connectivity index (χ2v) is 4.06. The van der Waals surface area contributed by atoms with Crippen molar-refractivity contribution in [2.24, 2.45) is 4.52 Å². The summed E-state index contributed by atoms with van der Waals surface area (Å²) in [6.07, 6.45) is 0. The molecule has 0 fully saturated rings. The number of azide groups is 1. The van der Waals surface area contributed by atoms with Gasteiger partial charge in [-0.15, -0.1) is 0 Å². The van der Waals surface area contributed by atoms with Crippen LogP contribution in [0, 0.1) is 0 Å². The van der Waals surface area contributed by atoms with Crippen molar-refractivity contribution in [3.8, 4) is 0 Å². The van der Waals surface area contributed by atoms with Crippen molar-refractivity contribution in [3.05, 3.63) is 40.8 Å². The minimum absolute atomic E-state index is 0.444. The van der Waals surface area contributed by atoms with Crippen molar-refractivity contribution < 1.29 is 8.42 Å². The van der Waals surface area contributed by atoms with E-state index in [9.17, 15) is 8.42 Å². The van der Waals surface area contributed by atoms with Crippen molar-refractivity contribution in [3.63, 3.8) is 0 Å². The van der Waals surface area contributed by atoms with Gasteiger partial charge in [0.2, 0.25) is 0 Å². The summed E-state index contributed by atoms with van der Waals surface area (Å²) < 4.78 is 26.1. The number of rotatable bonds is 3. The first-order chi connectivity index (χ1) is 6.58. The second kappa shape index (κ2) is 3.99. The normalized spacial score (nSPS) is 10.4. The maximum atomic E-state index is 11.2. The van der Waals surface area contributed by atoms with Crippen LogP contribution in [0.3, 0.4) is 0 Å². The monoisotopic (exact) mass is 212 g/mol. The fourth-order valence-corrected chi connectivity index (χ4v) is 1.46. The standard InChI is InChI=1S/C7H8N4O2S/c1-11(14(12,13)10-9-8)7-5-3-2-4-6-7/h2-6H,1H3. The van der Waals surface area contributed by atoms with Gasteiger partial charge in [-0.05, 0) is 17.7 Å². The Bertz CT molecular complexity index is 450. The first-order valence-corrected chi connectivity index (χ1v) is 5.08. The Balaban J connectivity index is 3.09. The third-order valence-electron chi connectivity index (χ3n) is 1.61. The topological polar surface area (TPSA) is 86.1 Å². The maximum absolute atomic E-state index is 11.2. The fourth-order valence-electron chi connectivity index (χ4n) is 0.872. The zero-order valence-electron chi connectivity index (χ0n) is 7.40. The number of hydrogen-bond acceptors (Lipinski definition) is 2. The molecule has 0 aromatic heterocycles. The third kappa shape index (κ3) is 2.15. The molecule has 0 radical (unpaired) electrons. The van der Waals surface area contributed by atoms with Crippen molar-refractivity contribution in [1.29, 1.82) is 0 Å². The van der Waals surface area contributed by atoms with E-state index in [-0.39, 0.29) is 0 Å². The van der Waals surface area contributed by atoms with Crippen LogP contribution in [0.5, 0.6) is 0 Å². The lowest BCUT2D eigenvalue weighted by Gasteiger charge is -2.14. The van der Waals surface area contributed by atoms with Gasteiger partial charge in [0.15, 0.2) is 0 Å². The zero-order chi connectivity index (χ0) is 10.6. The third-order valence-corrected chi connectivity index (χ3v) is 2.79. The van der Waals surface area contributed by atoms with Crippen LogP contribution in [0.2, 0.25) is 0 Å². The smallest absolute Gasteiger partial charge is 0.267 e. The van der Waals surface area contributed by atoms with Crippen LogP contribution in [-0.4, -0.2) is 15.5 Å². The highest BCUT2D eigenvalue weighted by atomic mass is 32.2. The number of para-hydroxylation sites is 1. The van der Waals surface area contributed by atoms with E-state index in [2.05, 4.69) is 9.43 Å². The number of nitrogens with zero attached hydrogens (tertiary/aromatic N) is 4. The predicted octanol–water partition coefficient (Wildman–Crippen LogP) is 1.68.